The molecule has 3 N–H and O–H groups in total. The Morgan fingerprint density at radius 2 is 1.67 bits per heavy atom. The first-order valence-corrected chi connectivity index (χ1v) is 11.7. The van der Waals surface area contributed by atoms with Crippen LogP contribution in [-0.4, -0.2) is 32.4 Å². The Balaban J connectivity index is 1.37. The van der Waals surface area contributed by atoms with E-state index in [9.17, 15) is 19.1 Å². The summed E-state index contributed by atoms with van der Waals surface area (Å²) >= 11 is 0. The lowest BCUT2D eigenvalue weighted by Crippen LogP contribution is -2.39. The van der Waals surface area contributed by atoms with Crippen LogP contribution in [0.15, 0.2) is 77.7 Å². The SMILES string of the molecule is Nc1ccc(-c2ccccc2)cc1NC(=O)C1CCN(S(=O)c2ccc([N+](=O)[O-])cc2)CC1. The summed E-state index contributed by atoms with van der Waals surface area (Å²) in [6.45, 7) is 0.975. The predicted molar refractivity (Wildman–Crippen MR) is 129 cm³/mol. The van der Waals surface area contributed by atoms with Crippen molar-refractivity contribution < 1.29 is 13.9 Å². The van der Waals surface area contributed by atoms with Crippen LogP contribution >= 0.6 is 0 Å². The van der Waals surface area contributed by atoms with E-state index in [4.69, 9.17) is 5.73 Å². The van der Waals surface area contributed by atoms with Crippen molar-refractivity contribution in [1.29, 1.82) is 0 Å². The van der Waals surface area contributed by atoms with Gasteiger partial charge in [0.15, 0.2) is 0 Å². The molecule has 8 nitrogen and oxygen atoms in total. The molecule has 0 bridgehead atoms. The number of nitro groups is 1. The van der Waals surface area contributed by atoms with Gasteiger partial charge in [-0.1, -0.05) is 36.4 Å². The molecular weight excluding hydrogens is 440 g/mol. The van der Waals surface area contributed by atoms with Gasteiger partial charge in [-0.15, -0.1) is 0 Å². The minimum atomic E-state index is -1.43. The normalized spacial score (nSPS) is 15.6. The Kier molecular flexibility index (Phi) is 6.81. The Bertz CT molecular complexity index is 1180. The number of nitrogens with one attached hydrogen (secondary N) is 1. The molecule has 1 saturated heterocycles. The van der Waals surface area contributed by atoms with Crippen molar-refractivity contribution in [2.75, 3.05) is 24.1 Å². The number of carbonyl (C=O) groups excluding carboxylic acids is 1. The maximum atomic E-state index is 12.9. The molecule has 33 heavy (non-hydrogen) atoms. The summed E-state index contributed by atoms with van der Waals surface area (Å²) in [7, 11) is -1.43. The van der Waals surface area contributed by atoms with Gasteiger partial charge in [0.25, 0.3) is 5.69 Å². The first-order valence-electron chi connectivity index (χ1n) is 10.6. The summed E-state index contributed by atoms with van der Waals surface area (Å²) in [5.74, 6) is -0.317. The Hall–Kier alpha value is -3.56. The number of amides is 1. The number of anilines is 2. The second-order valence-electron chi connectivity index (χ2n) is 7.86. The third kappa shape index (κ3) is 5.27. The number of rotatable bonds is 6. The van der Waals surface area contributed by atoms with E-state index in [0.29, 0.717) is 42.2 Å². The zero-order valence-electron chi connectivity index (χ0n) is 17.8. The highest BCUT2D eigenvalue weighted by atomic mass is 32.2. The van der Waals surface area contributed by atoms with Gasteiger partial charge in [0.2, 0.25) is 5.91 Å². The Morgan fingerprint density at radius 1 is 1.00 bits per heavy atom. The fourth-order valence-electron chi connectivity index (χ4n) is 3.83. The minimum Gasteiger partial charge on any atom is -0.397 e. The number of hydrogen-bond donors (Lipinski definition) is 2. The van der Waals surface area contributed by atoms with Crippen molar-refractivity contribution in [3.05, 3.63) is 82.9 Å². The smallest absolute Gasteiger partial charge is 0.269 e. The summed E-state index contributed by atoms with van der Waals surface area (Å²) in [6.07, 6.45) is 1.12. The van der Waals surface area contributed by atoms with Crippen LogP contribution in [0, 0.1) is 16.0 Å². The van der Waals surface area contributed by atoms with E-state index in [-0.39, 0.29) is 17.5 Å². The molecule has 0 radical (unpaired) electrons. The van der Waals surface area contributed by atoms with E-state index in [1.54, 1.807) is 10.4 Å². The van der Waals surface area contributed by atoms with Gasteiger partial charge in [-0.05, 0) is 48.2 Å². The second kappa shape index (κ2) is 9.93. The molecule has 1 fully saturated rings. The molecule has 3 aromatic rings. The molecule has 0 aliphatic carbocycles. The van der Waals surface area contributed by atoms with Gasteiger partial charge in [0.1, 0.15) is 11.0 Å². The van der Waals surface area contributed by atoms with Crippen molar-refractivity contribution in [3.63, 3.8) is 0 Å². The van der Waals surface area contributed by atoms with Crippen LogP contribution in [0.2, 0.25) is 0 Å². The molecule has 9 heteroatoms. The standard InChI is InChI=1S/C24H24N4O4S/c25-22-11-6-19(17-4-2-1-3-5-17)16-23(22)26-24(29)18-12-14-27(15-13-18)33(32)21-9-7-20(8-10-21)28(30)31/h1-11,16,18H,12-15,25H2,(H,26,29). The van der Waals surface area contributed by atoms with Crippen molar-refractivity contribution in [2.45, 2.75) is 17.7 Å². The second-order valence-corrected chi connectivity index (χ2v) is 9.35. The summed E-state index contributed by atoms with van der Waals surface area (Å²) in [4.78, 5) is 23.7. The van der Waals surface area contributed by atoms with Crippen LogP contribution < -0.4 is 11.1 Å². The molecule has 0 aromatic heterocycles. The maximum absolute atomic E-state index is 12.9. The number of piperidine rings is 1. The zero-order chi connectivity index (χ0) is 23.4. The molecule has 1 aliphatic rings. The van der Waals surface area contributed by atoms with E-state index in [1.165, 1.54) is 24.3 Å². The molecular formula is C24H24N4O4S. The van der Waals surface area contributed by atoms with Crippen molar-refractivity contribution in [1.82, 2.24) is 4.31 Å². The predicted octanol–water partition coefficient (Wildman–Crippen LogP) is 4.22. The summed E-state index contributed by atoms with van der Waals surface area (Å²) in [6, 6.07) is 21.2. The van der Waals surface area contributed by atoms with Crippen LogP contribution in [0.4, 0.5) is 17.1 Å². The first kappa shape index (κ1) is 22.6. The van der Waals surface area contributed by atoms with Crippen molar-refractivity contribution in [2.24, 2.45) is 5.92 Å². The number of nitro benzene ring substituents is 1. The maximum Gasteiger partial charge on any atom is 0.269 e. The largest absolute Gasteiger partial charge is 0.397 e. The van der Waals surface area contributed by atoms with Gasteiger partial charge >= 0.3 is 0 Å². The van der Waals surface area contributed by atoms with Crippen LogP contribution in [-0.2, 0) is 15.8 Å². The van der Waals surface area contributed by atoms with Gasteiger partial charge in [0, 0.05) is 31.1 Å². The summed E-state index contributed by atoms with van der Waals surface area (Å²) in [5, 5.41) is 13.8. The zero-order valence-corrected chi connectivity index (χ0v) is 18.7. The lowest BCUT2D eigenvalue weighted by Gasteiger charge is -2.30. The van der Waals surface area contributed by atoms with E-state index in [0.717, 1.165) is 11.1 Å². The average Bonchev–Trinajstić information content (AvgIpc) is 2.85. The van der Waals surface area contributed by atoms with E-state index >= 15 is 0 Å². The molecule has 1 amide bonds. The van der Waals surface area contributed by atoms with Crippen molar-refractivity contribution >= 4 is 34.0 Å². The third-order valence-corrected chi connectivity index (χ3v) is 7.24. The molecule has 170 valence electrons. The quantitative estimate of drug-likeness (QED) is 0.322. The van der Waals surface area contributed by atoms with Gasteiger partial charge < -0.3 is 11.1 Å². The lowest BCUT2D eigenvalue weighted by molar-refractivity contribution is -0.384. The number of nitrogens with two attached hydrogens (primary N) is 1. The number of hydrogen-bond acceptors (Lipinski definition) is 5. The van der Waals surface area contributed by atoms with E-state index < -0.39 is 15.9 Å². The van der Waals surface area contributed by atoms with Crippen molar-refractivity contribution in [3.8, 4) is 11.1 Å². The molecule has 1 unspecified atom stereocenters. The highest BCUT2D eigenvalue weighted by Gasteiger charge is 2.28. The van der Waals surface area contributed by atoms with Gasteiger partial charge in [-0.2, -0.15) is 0 Å². The molecule has 0 saturated carbocycles. The summed E-state index contributed by atoms with van der Waals surface area (Å²) in [5.41, 5.74) is 9.14. The highest BCUT2D eigenvalue weighted by molar-refractivity contribution is 7.82. The minimum absolute atomic E-state index is 0.0401. The third-order valence-electron chi connectivity index (χ3n) is 5.73. The fraction of sp³-hybridized carbons (Fsp3) is 0.208. The molecule has 4 rings (SSSR count). The van der Waals surface area contributed by atoms with Crippen LogP contribution in [0.5, 0.6) is 0 Å². The Morgan fingerprint density at radius 3 is 2.30 bits per heavy atom. The number of carbonyl (C=O) groups is 1. The molecule has 3 aromatic carbocycles. The highest BCUT2D eigenvalue weighted by Crippen LogP contribution is 2.29. The number of benzene rings is 3. The van der Waals surface area contributed by atoms with E-state index in [1.807, 2.05) is 42.5 Å². The molecule has 1 heterocycles. The van der Waals surface area contributed by atoms with Gasteiger partial charge in [-0.25, -0.2) is 8.51 Å². The number of non-ortho nitro benzene ring substituents is 1. The average molecular weight is 465 g/mol. The molecule has 1 aliphatic heterocycles. The summed E-state index contributed by atoms with van der Waals surface area (Å²) < 4.78 is 14.6. The van der Waals surface area contributed by atoms with E-state index in [2.05, 4.69) is 5.32 Å². The van der Waals surface area contributed by atoms with Gasteiger partial charge in [-0.3, -0.25) is 14.9 Å². The topological polar surface area (TPSA) is 119 Å². The Labute approximate surface area is 194 Å². The number of nitrogen functional groups attached to an aromatic ring is 1. The molecule has 1 atom stereocenters. The first-order chi connectivity index (χ1) is 15.9. The molecule has 0 spiro atoms. The monoisotopic (exact) mass is 464 g/mol. The lowest BCUT2D eigenvalue weighted by atomic mass is 9.97. The van der Waals surface area contributed by atoms with Crippen LogP contribution in [0.3, 0.4) is 0 Å². The van der Waals surface area contributed by atoms with Gasteiger partial charge in [0.05, 0.1) is 21.2 Å². The van der Waals surface area contributed by atoms with Crippen LogP contribution in [0.25, 0.3) is 11.1 Å². The fourth-order valence-corrected chi connectivity index (χ4v) is 5.04. The van der Waals surface area contributed by atoms with Crippen LogP contribution in [0.1, 0.15) is 12.8 Å². The number of nitrogens with zero attached hydrogens (tertiary/aromatic N) is 2.